The standard InChI is InChI=1S/C8H4BrClN4O2/c9-7-4(8(15)16)3-11-14(7)6-2-1-5(10)12-13-6/h1-3H,(H,15,16). The van der Waals surface area contributed by atoms with Crippen molar-refractivity contribution >= 4 is 33.5 Å². The number of halogens is 2. The predicted molar refractivity (Wildman–Crippen MR) is 58.8 cm³/mol. The number of carboxylic acid groups (broad SMARTS) is 1. The van der Waals surface area contributed by atoms with E-state index in [0.29, 0.717) is 10.4 Å². The van der Waals surface area contributed by atoms with Gasteiger partial charge in [0.05, 0.1) is 6.20 Å². The second-order valence-electron chi connectivity index (χ2n) is 2.78. The number of carboxylic acids is 1. The van der Waals surface area contributed by atoms with Crippen LogP contribution in [0.5, 0.6) is 0 Å². The van der Waals surface area contributed by atoms with Crippen LogP contribution in [0, 0.1) is 0 Å². The smallest absolute Gasteiger partial charge is 0.340 e. The molecule has 0 saturated carbocycles. The van der Waals surface area contributed by atoms with E-state index in [1.807, 2.05) is 0 Å². The Bertz CT molecular complexity index is 539. The van der Waals surface area contributed by atoms with Crippen LogP contribution < -0.4 is 0 Å². The van der Waals surface area contributed by atoms with Gasteiger partial charge in [-0.3, -0.25) is 0 Å². The van der Waals surface area contributed by atoms with Gasteiger partial charge in [-0.05, 0) is 28.1 Å². The van der Waals surface area contributed by atoms with Gasteiger partial charge in [-0.15, -0.1) is 10.2 Å². The fraction of sp³-hybridized carbons (Fsp3) is 0. The molecule has 0 radical (unpaired) electrons. The van der Waals surface area contributed by atoms with E-state index >= 15 is 0 Å². The first-order valence-electron chi connectivity index (χ1n) is 4.06. The molecule has 0 atom stereocenters. The average Bonchev–Trinajstić information content (AvgIpc) is 2.61. The van der Waals surface area contributed by atoms with E-state index in [2.05, 4.69) is 31.2 Å². The van der Waals surface area contributed by atoms with Crippen LogP contribution in [0.4, 0.5) is 0 Å². The Morgan fingerprint density at radius 3 is 2.69 bits per heavy atom. The number of hydrogen-bond donors (Lipinski definition) is 1. The van der Waals surface area contributed by atoms with Crippen molar-refractivity contribution in [3.8, 4) is 5.82 Å². The van der Waals surface area contributed by atoms with E-state index < -0.39 is 5.97 Å². The molecule has 0 spiro atoms. The Kier molecular flexibility index (Phi) is 2.88. The van der Waals surface area contributed by atoms with Crippen molar-refractivity contribution in [1.29, 1.82) is 0 Å². The molecule has 6 nitrogen and oxygen atoms in total. The summed E-state index contributed by atoms with van der Waals surface area (Å²) in [4.78, 5) is 10.8. The zero-order chi connectivity index (χ0) is 11.7. The molecule has 0 amide bonds. The highest BCUT2D eigenvalue weighted by atomic mass is 79.9. The first-order valence-corrected chi connectivity index (χ1v) is 5.23. The largest absolute Gasteiger partial charge is 0.478 e. The van der Waals surface area contributed by atoms with Gasteiger partial charge >= 0.3 is 5.97 Å². The van der Waals surface area contributed by atoms with Crippen molar-refractivity contribution in [2.75, 3.05) is 0 Å². The number of aromatic carboxylic acids is 1. The molecule has 0 bridgehead atoms. The molecule has 0 aliphatic rings. The highest BCUT2D eigenvalue weighted by Gasteiger charge is 2.15. The quantitative estimate of drug-likeness (QED) is 0.914. The van der Waals surface area contributed by atoms with E-state index in [4.69, 9.17) is 16.7 Å². The third kappa shape index (κ3) is 1.91. The predicted octanol–water partition coefficient (Wildman–Crippen LogP) is 1.78. The molecule has 0 saturated heterocycles. The maximum Gasteiger partial charge on any atom is 0.340 e. The van der Waals surface area contributed by atoms with Crippen molar-refractivity contribution in [2.45, 2.75) is 0 Å². The second-order valence-corrected chi connectivity index (χ2v) is 3.92. The normalized spacial score (nSPS) is 10.4. The molecular weight excluding hydrogens is 299 g/mol. The fourth-order valence-corrected chi connectivity index (χ4v) is 1.70. The van der Waals surface area contributed by atoms with Crippen molar-refractivity contribution in [2.24, 2.45) is 0 Å². The molecule has 8 heteroatoms. The van der Waals surface area contributed by atoms with Crippen LogP contribution in [0.25, 0.3) is 5.82 Å². The maximum atomic E-state index is 10.8. The van der Waals surface area contributed by atoms with Crippen LogP contribution in [0.3, 0.4) is 0 Å². The van der Waals surface area contributed by atoms with Gasteiger partial charge in [0.15, 0.2) is 11.0 Å². The summed E-state index contributed by atoms with van der Waals surface area (Å²) in [6.07, 6.45) is 1.22. The summed E-state index contributed by atoms with van der Waals surface area (Å²) in [5.41, 5.74) is 0.0525. The molecular formula is C8H4BrClN4O2. The van der Waals surface area contributed by atoms with E-state index in [1.54, 1.807) is 12.1 Å². The molecule has 2 heterocycles. The van der Waals surface area contributed by atoms with E-state index in [-0.39, 0.29) is 10.7 Å². The monoisotopic (exact) mass is 302 g/mol. The number of nitrogens with zero attached hydrogens (tertiary/aromatic N) is 4. The number of aromatic nitrogens is 4. The number of carbonyl (C=O) groups is 1. The molecule has 0 fully saturated rings. The summed E-state index contributed by atoms with van der Waals surface area (Å²) < 4.78 is 1.61. The van der Waals surface area contributed by atoms with Crippen LogP contribution >= 0.6 is 27.5 Å². The lowest BCUT2D eigenvalue weighted by Crippen LogP contribution is -2.02. The van der Waals surface area contributed by atoms with E-state index in [9.17, 15) is 4.79 Å². The highest BCUT2D eigenvalue weighted by molar-refractivity contribution is 9.10. The molecule has 16 heavy (non-hydrogen) atoms. The SMILES string of the molecule is O=C(O)c1cnn(-c2ccc(Cl)nn2)c1Br. The minimum absolute atomic E-state index is 0.0525. The van der Waals surface area contributed by atoms with Gasteiger partial charge < -0.3 is 5.11 Å². The van der Waals surface area contributed by atoms with Gasteiger partial charge in [-0.2, -0.15) is 5.10 Å². The maximum absolute atomic E-state index is 10.8. The van der Waals surface area contributed by atoms with Crippen molar-refractivity contribution in [1.82, 2.24) is 20.0 Å². The topological polar surface area (TPSA) is 80.9 Å². The van der Waals surface area contributed by atoms with Crippen LogP contribution in [0.2, 0.25) is 5.15 Å². The summed E-state index contributed by atoms with van der Waals surface area (Å²) in [7, 11) is 0. The number of rotatable bonds is 2. The molecule has 0 aliphatic heterocycles. The second kappa shape index (κ2) is 4.18. The zero-order valence-electron chi connectivity index (χ0n) is 7.63. The lowest BCUT2D eigenvalue weighted by molar-refractivity contribution is 0.0696. The molecule has 0 aliphatic carbocycles. The van der Waals surface area contributed by atoms with Gasteiger partial charge in [-0.25, -0.2) is 9.48 Å². The Balaban J connectivity index is 2.49. The van der Waals surface area contributed by atoms with Crippen molar-refractivity contribution in [3.63, 3.8) is 0 Å². The van der Waals surface area contributed by atoms with Crippen molar-refractivity contribution in [3.05, 3.63) is 33.6 Å². The third-order valence-electron chi connectivity index (χ3n) is 1.78. The Morgan fingerprint density at radius 1 is 1.44 bits per heavy atom. The van der Waals surface area contributed by atoms with Crippen molar-refractivity contribution < 1.29 is 9.90 Å². The molecule has 82 valence electrons. The Morgan fingerprint density at radius 2 is 2.19 bits per heavy atom. The van der Waals surface area contributed by atoms with Crippen LogP contribution in [-0.2, 0) is 0 Å². The fourth-order valence-electron chi connectivity index (χ4n) is 1.06. The van der Waals surface area contributed by atoms with Gasteiger partial charge in [0.25, 0.3) is 0 Å². The van der Waals surface area contributed by atoms with Crippen LogP contribution in [0.1, 0.15) is 10.4 Å². The Labute approximate surface area is 103 Å². The molecule has 0 aromatic carbocycles. The lowest BCUT2D eigenvalue weighted by atomic mass is 10.4. The zero-order valence-corrected chi connectivity index (χ0v) is 9.97. The van der Waals surface area contributed by atoms with Gasteiger partial charge in [0.2, 0.25) is 0 Å². The first-order chi connectivity index (χ1) is 7.59. The van der Waals surface area contributed by atoms with Gasteiger partial charge in [-0.1, -0.05) is 11.6 Å². The molecule has 0 unspecified atom stereocenters. The van der Waals surface area contributed by atoms with E-state index in [1.165, 1.54) is 10.9 Å². The first kappa shape index (κ1) is 11.0. The third-order valence-corrected chi connectivity index (χ3v) is 2.74. The minimum Gasteiger partial charge on any atom is -0.478 e. The molecule has 1 N–H and O–H groups in total. The molecule has 2 rings (SSSR count). The average molecular weight is 304 g/mol. The van der Waals surface area contributed by atoms with Gasteiger partial charge in [0, 0.05) is 0 Å². The molecule has 2 aromatic rings. The van der Waals surface area contributed by atoms with Crippen LogP contribution in [-0.4, -0.2) is 31.1 Å². The summed E-state index contributed by atoms with van der Waals surface area (Å²) in [5, 5.41) is 20.4. The van der Waals surface area contributed by atoms with Gasteiger partial charge in [0.1, 0.15) is 10.2 Å². The van der Waals surface area contributed by atoms with Crippen LogP contribution in [0.15, 0.2) is 22.9 Å². The summed E-state index contributed by atoms with van der Waals surface area (Å²) in [5.74, 6) is -0.691. The summed E-state index contributed by atoms with van der Waals surface area (Å²) >= 11 is 8.71. The molecule has 2 aromatic heterocycles. The summed E-state index contributed by atoms with van der Waals surface area (Å²) in [6, 6.07) is 3.12. The summed E-state index contributed by atoms with van der Waals surface area (Å²) in [6.45, 7) is 0. The lowest BCUT2D eigenvalue weighted by Gasteiger charge is -2.00. The Hall–Kier alpha value is -1.47. The van der Waals surface area contributed by atoms with E-state index in [0.717, 1.165) is 0 Å². The number of hydrogen-bond acceptors (Lipinski definition) is 4. The highest BCUT2D eigenvalue weighted by Crippen LogP contribution is 2.19. The minimum atomic E-state index is -1.07.